The van der Waals surface area contributed by atoms with E-state index < -0.39 is 0 Å². The second kappa shape index (κ2) is 5.72. The Bertz CT molecular complexity index is 1300. The highest BCUT2D eigenvalue weighted by Gasteiger charge is 2.10. The number of fused-ring (bicyclic) bond motifs is 6. The lowest BCUT2D eigenvalue weighted by atomic mass is 9.91. The van der Waals surface area contributed by atoms with E-state index in [1.807, 2.05) is 24.3 Å². The molecular formula is C25H15N. The lowest BCUT2D eigenvalue weighted by Gasteiger charge is -2.12. The maximum Gasteiger partial charge on any atom is 0.0998 e. The molecule has 0 radical (unpaired) electrons. The van der Waals surface area contributed by atoms with Gasteiger partial charge >= 0.3 is 0 Å². The molecule has 0 aliphatic heterocycles. The van der Waals surface area contributed by atoms with Crippen LogP contribution in [0, 0.1) is 11.3 Å². The Kier molecular flexibility index (Phi) is 3.23. The molecule has 0 unspecified atom stereocenters. The van der Waals surface area contributed by atoms with Crippen LogP contribution in [0.2, 0.25) is 0 Å². The highest BCUT2D eigenvalue weighted by Crippen LogP contribution is 2.37. The van der Waals surface area contributed by atoms with Crippen LogP contribution in [-0.4, -0.2) is 0 Å². The summed E-state index contributed by atoms with van der Waals surface area (Å²) < 4.78 is 0. The zero-order chi connectivity index (χ0) is 17.5. The SMILES string of the molecule is N#Cc1ccccc1-c1ccc2c3ccccc3c3ccccc3c2c1. The van der Waals surface area contributed by atoms with Crippen molar-refractivity contribution in [3.63, 3.8) is 0 Å². The molecule has 26 heavy (non-hydrogen) atoms. The normalized spacial score (nSPS) is 11.0. The molecule has 1 nitrogen and oxygen atoms in total. The Morgan fingerprint density at radius 2 is 1.00 bits per heavy atom. The zero-order valence-corrected chi connectivity index (χ0v) is 14.1. The van der Waals surface area contributed by atoms with Crippen molar-refractivity contribution < 1.29 is 0 Å². The molecule has 0 aromatic heterocycles. The van der Waals surface area contributed by atoms with E-state index in [2.05, 4.69) is 72.8 Å². The van der Waals surface area contributed by atoms with E-state index in [1.165, 1.54) is 32.3 Å². The summed E-state index contributed by atoms with van der Waals surface area (Å²) in [6, 6.07) is 33.7. The molecular weight excluding hydrogens is 314 g/mol. The van der Waals surface area contributed by atoms with E-state index in [9.17, 15) is 5.26 Å². The van der Waals surface area contributed by atoms with E-state index >= 15 is 0 Å². The molecule has 0 aliphatic carbocycles. The molecule has 1 heteroatoms. The van der Waals surface area contributed by atoms with E-state index in [1.54, 1.807) is 0 Å². The summed E-state index contributed by atoms with van der Waals surface area (Å²) in [6.45, 7) is 0. The molecule has 0 saturated carbocycles. The number of hydrogen-bond donors (Lipinski definition) is 0. The van der Waals surface area contributed by atoms with Crippen molar-refractivity contribution in [3.05, 3.63) is 96.6 Å². The van der Waals surface area contributed by atoms with Crippen molar-refractivity contribution in [1.29, 1.82) is 5.26 Å². The number of rotatable bonds is 1. The third-order valence-corrected chi connectivity index (χ3v) is 5.10. The molecule has 0 atom stereocenters. The third kappa shape index (κ3) is 2.10. The van der Waals surface area contributed by atoms with Crippen LogP contribution in [0.4, 0.5) is 0 Å². The van der Waals surface area contributed by atoms with Crippen LogP contribution in [0.1, 0.15) is 5.56 Å². The van der Waals surface area contributed by atoms with Gasteiger partial charge in [-0.1, -0.05) is 78.9 Å². The predicted molar refractivity (Wildman–Crippen MR) is 109 cm³/mol. The van der Waals surface area contributed by atoms with E-state index in [4.69, 9.17) is 0 Å². The summed E-state index contributed by atoms with van der Waals surface area (Å²) in [5, 5.41) is 17.0. The minimum absolute atomic E-state index is 0.706. The van der Waals surface area contributed by atoms with Crippen LogP contribution in [0.5, 0.6) is 0 Å². The summed E-state index contributed by atoms with van der Waals surface area (Å²) in [6.07, 6.45) is 0. The van der Waals surface area contributed by atoms with Crippen molar-refractivity contribution in [2.75, 3.05) is 0 Å². The van der Waals surface area contributed by atoms with Gasteiger partial charge in [0.25, 0.3) is 0 Å². The van der Waals surface area contributed by atoms with Gasteiger partial charge in [0.05, 0.1) is 11.6 Å². The molecule has 0 amide bonds. The number of nitrogens with zero attached hydrogens (tertiary/aromatic N) is 1. The van der Waals surface area contributed by atoms with E-state index in [0.717, 1.165) is 11.1 Å². The molecule has 0 N–H and O–H groups in total. The molecule has 5 aromatic rings. The van der Waals surface area contributed by atoms with Crippen molar-refractivity contribution in [1.82, 2.24) is 0 Å². The van der Waals surface area contributed by atoms with Gasteiger partial charge in [0, 0.05) is 0 Å². The lowest BCUT2D eigenvalue weighted by molar-refractivity contribution is 1.48. The molecule has 0 spiro atoms. The Morgan fingerprint density at radius 3 is 1.62 bits per heavy atom. The first kappa shape index (κ1) is 14.7. The first-order valence-corrected chi connectivity index (χ1v) is 8.69. The zero-order valence-electron chi connectivity index (χ0n) is 14.1. The van der Waals surface area contributed by atoms with Crippen LogP contribution >= 0.6 is 0 Å². The van der Waals surface area contributed by atoms with Gasteiger partial charge < -0.3 is 0 Å². The molecule has 0 aliphatic rings. The van der Waals surface area contributed by atoms with Gasteiger partial charge in [0.2, 0.25) is 0 Å². The Balaban J connectivity index is 1.94. The molecule has 0 fully saturated rings. The quantitative estimate of drug-likeness (QED) is 0.314. The summed E-state index contributed by atoms with van der Waals surface area (Å²) in [7, 11) is 0. The summed E-state index contributed by atoms with van der Waals surface area (Å²) in [4.78, 5) is 0. The molecule has 0 bridgehead atoms. The van der Waals surface area contributed by atoms with Crippen LogP contribution in [0.25, 0.3) is 43.4 Å². The maximum atomic E-state index is 9.46. The smallest absolute Gasteiger partial charge is 0.0998 e. The summed E-state index contributed by atoms with van der Waals surface area (Å²) >= 11 is 0. The van der Waals surface area contributed by atoms with Crippen molar-refractivity contribution in [2.24, 2.45) is 0 Å². The topological polar surface area (TPSA) is 23.8 Å². The molecule has 5 rings (SSSR count). The van der Waals surface area contributed by atoms with Crippen molar-refractivity contribution in [3.8, 4) is 17.2 Å². The Labute approximate surface area is 151 Å². The van der Waals surface area contributed by atoms with Gasteiger partial charge in [-0.15, -0.1) is 0 Å². The molecule has 0 saturated heterocycles. The minimum atomic E-state index is 0.706. The largest absolute Gasteiger partial charge is 0.192 e. The summed E-state index contributed by atoms with van der Waals surface area (Å²) in [5.74, 6) is 0. The fourth-order valence-corrected chi connectivity index (χ4v) is 3.91. The molecule has 120 valence electrons. The van der Waals surface area contributed by atoms with Crippen molar-refractivity contribution >= 4 is 32.3 Å². The van der Waals surface area contributed by atoms with Gasteiger partial charge in [-0.3, -0.25) is 0 Å². The maximum absolute atomic E-state index is 9.46. The number of hydrogen-bond acceptors (Lipinski definition) is 1. The molecule has 0 heterocycles. The van der Waals surface area contributed by atoms with E-state index in [0.29, 0.717) is 5.56 Å². The van der Waals surface area contributed by atoms with Gasteiger partial charge in [-0.05, 0) is 55.6 Å². The van der Waals surface area contributed by atoms with Crippen LogP contribution < -0.4 is 0 Å². The minimum Gasteiger partial charge on any atom is -0.192 e. The third-order valence-electron chi connectivity index (χ3n) is 5.10. The fraction of sp³-hybridized carbons (Fsp3) is 0. The highest BCUT2D eigenvalue weighted by molar-refractivity contribution is 6.25. The second-order valence-electron chi connectivity index (χ2n) is 6.51. The predicted octanol–water partition coefficient (Wildman–Crippen LogP) is 6.68. The highest BCUT2D eigenvalue weighted by atomic mass is 14.2. The van der Waals surface area contributed by atoms with E-state index in [-0.39, 0.29) is 0 Å². The van der Waals surface area contributed by atoms with Gasteiger partial charge in [-0.25, -0.2) is 0 Å². The lowest BCUT2D eigenvalue weighted by Crippen LogP contribution is -1.87. The fourth-order valence-electron chi connectivity index (χ4n) is 3.91. The van der Waals surface area contributed by atoms with Crippen LogP contribution in [0.3, 0.4) is 0 Å². The summed E-state index contributed by atoms with van der Waals surface area (Å²) in [5.41, 5.74) is 2.76. The first-order chi connectivity index (χ1) is 12.9. The van der Waals surface area contributed by atoms with Gasteiger partial charge in [0.1, 0.15) is 0 Å². The standard InChI is InChI=1S/C25H15N/c26-16-18-7-1-2-8-19(18)17-13-14-24-22-11-4-3-9-20(22)21-10-5-6-12-23(21)25(24)15-17/h1-15H. The molecule has 5 aromatic carbocycles. The average molecular weight is 329 g/mol. The Hall–Kier alpha value is -3.63. The number of benzene rings is 5. The van der Waals surface area contributed by atoms with Crippen LogP contribution in [0.15, 0.2) is 91.0 Å². The van der Waals surface area contributed by atoms with Crippen molar-refractivity contribution in [2.45, 2.75) is 0 Å². The second-order valence-corrected chi connectivity index (χ2v) is 6.51. The monoisotopic (exact) mass is 329 g/mol. The first-order valence-electron chi connectivity index (χ1n) is 8.69. The number of nitriles is 1. The van der Waals surface area contributed by atoms with Gasteiger partial charge in [-0.2, -0.15) is 5.26 Å². The van der Waals surface area contributed by atoms with Gasteiger partial charge in [0.15, 0.2) is 0 Å². The van der Waals surface area contributed by atoms with Crippen LogP contribution in [-0.2, 0) is 0 Å². The Morgan fingerprint density at radius 1 is 0.500 bits per heavy atom. The average Bonchev–Trinajstić information content (AvgIpc) is 2.73.